The molecule has 2 amide bonds. The predicted molar refractivity (Wildman–Crippen MR) is 140 cm³/mol. The standard InChI is InChI=1S/C26H25ClF6N6O3/c1-13(2)21(40)39(25(12-35)7-8-25)22(41)16-9-14(5-6-17(16)27)15(10-34)11-36-20-18(42-23(28)29)19(37-38(20)4)26(32,33)24(3,30)31/h5-6,9-11,13,23,34,36H,7-8H2,1-4H3/b15-11+,34-10?. The maximum absolute atomic E-state index is 14.4. The molecule has 1 fully saturated rings. The van der Waals surface area contributed by atoms with E-state index in [1.807, 2.05) is 6.07 Å². The van der Waals surface area contributed by atoms with Gasteiger partial charge in [0.1, 0.15) is 5.54 Å². The molecule has 42 heavy (non-hydrogen) atoms. The number of nitrogens with one attached hydrogen (secondary N) is 2. The van der Waals surface area contributed by atoms with Crippen molar-refractivity contribution in [3.63, 3.8) is 0 Å². The average Bonchev–Trinajstić information content (AvgIpc) is 3.62. The van der Waals surface area contributed by atoms with Gasteiger partial charge in [-0.2, -0.15) is 36.7 Å². The van der Waals surface area contributed by atoms with Crippen LogP contribution in [0.5, 0.6) is 5.75 Å². The number of hydrogen-bond acceptors (Lipinski definition) is 7. The number of aromatic nitrogens is 2. The van der Waals surface area contributed by atoms with Gasteiger partial charge in [-0.05, 0) is 30.5 Å². The number of nitriles is 1. The molecule has 1 aromatic heterocycles. The summed E-state index contributed by atoms with van der Waals surface area (Å²) < 4.78 is 87.0. The summed E-state index contributed by atoms with van der Waals surface area (Å²) in [6, 6.07) is 5.86. The van der Waals surface area contributed by atoms with E-state index in [2.05, 4.69) is 15.2 Å². The van der Waals surface area contributed by atoms with E-state index in [9.17, 15) is 41.2 Å². The number of anilines is 1. The lowest BCUT2D eigenvalue weighted by Crippen LogP contribution is -2.47. The average molecular weight is 619 g/mol. The minimum Gasteiger partial charge on any atom is -0.429 e. The zero-order valence-electron chi connectivity index (χ0n) is 22.6. The van der Waals surface area contributed by atoms with E-state index in [4.69, 9.17) is 17.0 Å². The largest absolute Gasteiger partial charge is 0.429 e. The summed E-state index contributed by atoms with van der Waals surface area (Å²) >= 11 is 6.26. The van der Waals surface area contributed by atoms with Gasteiger partial charge < -0.3 is 15.5 Å². The molecule has 1 aromatic carbocycles. The Morgan fingerprint density at radius 3 is 2.38 bits per heavy atom. The molecule has 2 aromatic rings. The molecule has 1 aliphatic rings. The number of rotatable bonds is 11. The van der Waals surface area contributed by atoms with Crippen LogP contribution in [0.2, 0.25) is 5.02 Å². The summed E-state index contributed by atoms with van der Waals surface area (Å²) in [5, 5.41) is 23.0. The van der Waals surface area contributed by atoms with Gasteiger partial charge in [0, 0.05) is 37.9 Å². The number of carbonyl (C=O) groups excluding carboxylic acids is 2. The van der Waals surface area contributed by atoms with Crippen molar-refractivity contribution in [2.75, 3.05) is 5.32 Å². The van der Waals surface area contributed by atoms with E-state index in [0.717, 1.165) is 24.4 Å². The Morgan fingerprint density at radius 2 is 1.90 bits per heavy atom. The van der Waals surface area contributed by atoms with Gasteiger partial charge in [-0.1, -0.05) is 31.5 Å². The first-order chi connectivity index (χ1) is 19.4. The van der Waals surface area contributed by atoms with Crippen LogP contribution < -0.4 is 10.1 Å². The van der Waals surface area contributed by atoms with Gasteiger partial charge in [-0.3, -0.25) is 14.5 Å². The van der Waals surface area contributed by atoms with Crippen LogP contribution in [0.25, 0.3) is 5.57 Å². The van der Waals surface area contributed by atoms with E-state index in [1.54, 1.807) is 13.8 Å². The molecule has 0 radical (unpaired) electrons. The smallest absolute Gasteiger partial charge is 0.387 e. The third-order valence-corrected chi connectivity index (χ3v) is 6.72. The summed E-state index contributed by atoms with van der Waals surface area (Å²) in [6.45, 7) is -0.665. The topological polar surface area (TPSA) is 124 Å². The molecule has 0 spiro atoms. The van der Waals surface area contributed by atoms with Gasteiger partial charge in [0.15, 0.2) is 17.3 Å². The number of carbonyl (C=O) groups is 2. The predicted octanol–water partition coefficient (Wildman–Crippen LogP) is 6.21. The highest BCUT2D eigenvalue weighted by Crippen LogP contribution is 2.48. The lowest BCUT2D eigenvalue weighted by atomic mass is 10.0. The van der Waals surface area contributed by atoms with Gasteiger partial charge in [0.2, 0.25) is 5.91 Å². The molecule has 1 saturated carbocycles. The minimum atomic E-state index is -4.99. The van der Waals surface area contributed by atoms with E-state index in [-0.39, 0.29) is 41.5 Å². The summed E-state index contributed by atoms with van der Waals surface area (Å²) in [5.41, 5.74) is -3.21. The zero-order chi connectivity index (χ0) is 31.8. The summed E-state index contributed by atoms with van der Waals surface area (Å²) in [7, 11) is 1.01. The number of benzene rings is 1. The van der Waals surface area contributed by atoms with Crippen LogP contribution in [0.15, 0.2) is 24.4 Å². The Morgan fingerprint density at radius 1 is 1.29 bits per heavy atom. The van der Waals surface area contributed by atoms with Gasteiger partial charge in [0.05, 0.1) is 16.7 Å². The van der Waals surface area contributed by atoms with Crippen LogP contribution >= 0.6 is 11.6 Å². The highest BCUT2D eigenvalue weighted by Gasteiger charge is 2.58. The lowest BCUT2D eigenvalue weighted by Gasteiger charge is -2.27. The fraction of sp³-hybridized carbons (Fsp3) is 0.423. The van der Waals surface area contributed by atoms with E-state index >= 15 is 0 Å². The Balaban J connectivity index is 2.06. The highest BCUT2D eigenvalue weighted by molar-refractivity contribution is 6.34. The van der Waals surface area contributed by atoms with E-state index < -0.39 is 59.0 Å². The first-order valence-electron chi connectivity index (χ1n) is 12.3. The van der Waals surface area contributed by atoms with Gasteiger partial charge in [-0.25, -0.2) is 4.68 Å². The monoisotopic (exact) mass is 618 g/mol. The molecule has 0 saturated heterocycles. The van der Waals surface area contributed by atoms with Crippen LogP contribution in [0, 0.1) is 22.7 Å². The van der Waals surface area contributed by atoms with Crippen molar-refractivity contribution in [1.82, 2.24) is 14.7 Å². The second kappa shape index (κ2) is 11.7. The van der Waals surface area contributed by atoms with Crippen molar-refractivity contribution in [3.8, 4) is 11.8 Å². The summed E-state index contributed by atoms with van der Waals surface area (Å²) in [5.74, 6) is -13.8. The Labute approximate surface area is 241 Å². The fourth-order valence-corrected chi connectivity index (χ4v) is 4.09. The molecule has 9 nitrogen and oxygen atoms in total. The van der Waals surface area contributed by atoms with E-state index in [1.165, 1.54) is 18.2 Å². The molecule has 3 rings (SSSR count). The number of aryl methyl sites for hydroxylation is 1. The maximum Gasteiger partial charge on any atom is 0.387 e. The molecule has 16 heteroatoms. The molecule has 0 aliphatic heterocycles. The fourth-order valence-electron chi connectivity index (χ4n) is 3.89. The van der Waals surface area contributed by atoms with Crippen molar-refractivity contribution < 1.29 is 40.7 Å². The molecular weight excluding hydrogens is 594 g/mol. The SMILES string of the molecule is CC(C)C(=O)N(C(=O)c1cc(/C(C=N)=C/Nc2c(OC(F)F)c(C(F)(F)C(C)(F)F)nn2C)ccc1Cl)C1(C#N)CC1. The number of hydrogen-bond donors (Lipinski definition) is 2. The maximum atomic E-state index is 14.4. The highest BCUT2D eigenvalue weighted by atomic mass is 35.5. The van der Waals surface area contributed by atoms with Crippen molar-refractivity contribution >= 4 is 41.0 Å². The molecule has 0 unspecified atom stereocenters. The number of imide groups is 1. The molecule has 1 aliphatic carbocycles. The first-order valence-corrected chi connectivity index (χ1v) is 12.6. The normalized spacial score (nSPS) is 14.9. The second-order valence-electron chi connectivity index (χ2n) is 9.85. The zero-order valence-corrected chi connectivity index (χ0v) is 23.4. The molecule has 0 atom stereocenters. The van der Waals surface area contributed by atoms with Crippen LogP contribution in [-0.4, -0.2) is 50.8 Å². The van der Waals surface area contributed by atoms with E-state index in [0.29, 0.717) is 4.68 Å². The number of allylic oxidation sites excluding steroid dienone is 1. The van der Waals surface area contributed by atoms with Gasteiger partial charge >= 0.3 is 18.5 Å². The second-order valence-corrected chi connectivity index (χ2v) is 10.3. The number of nitrogens with zero attached hydrogens (tertiary/aromatic N) is 4. The molecule has 2 N–H and O–H groups in total. The van der Waals surface area contributed by atoms with Gasteiger partial charge in [0.25, 0.3) is 5.91 Å². The van der Waals surface area contributed by atoms with Crippen LogP contribution in [-0.2, 0) is 17.8 Å². The van der Waals surface area contributed by atoms with Crippen molar-refractivity contribution in [3.05, 3.63) is 46.2 Å². The minimum absolute atomic E-state index is 0.0674. The number of halogens is 7. The van der Waals surface area contributed by atoms with Crippen molar-refractivity contribution in [2.45, 2.75) is 57.6 Å². The Kier molecular flexibility index (Phi) is 9.02. The third kappa shape index (κ3) is 6.08. The molecule has 1 heterocycles. The Bertz CT molecular complexity index is 1470. The van der Waals surface area contributed by atoms with Crippen molar-refractivity contribution in [1.29, 1.82) is 10.7 Å². The number of amides is 2. The molecule has 226 valence electrons. The van der Waals surface area contributed by atoms with Crippen LogP contribution in [0.1, 0.15) is 55.2 Å². The first kappa shape index (κ1) is 32.5. The third-order valence-electron chi connectivity index (χ3n) is 6.39. The number of ether oxygens (including phenoxy) is 1. The van der Waals surface area contributed by atoms with Crippen LogP contribution in [0.3, 0.4) is 0 Å². The Hall–Kier alpha value is -4.06. The van der Waals surface area contributed by atoms with Crippen LogP contribution in [0.4, 0.5) is 32.2 Å². The molecule has 0 bridgehead atoms. The molecular formula is C26H25ClF6N6O3. The summed E-state index contributed by atoms with van der Waals surface area (Å²) in [4.78, 5) is 27.3. The van der Waals surface area contributed by atoms with Crippen molar-refractivity contribution in [2.24, 2.45) is 13.0 Å². The lowest BCUT2D eigenvalue weighted by molar-refractivity contribution is -0.208. The number of alkyl halides is 6. The summed E-state index contributed by atoms with van der Waals surface area (Å²) in [6.07, 6.45) is 2.28. The quantitative estimate of drug-likeness (QED) is 0.228. The van der Waals surface area contributed by atoms with Gasteiger partial charge in [-0.15, -0.1) is 0 Å².